The SMILES string of the molecule is C=c1ncc(C(C)C)nc1=C.CC.CC.CCN(CCN)CCNC(=O)c1ccnc(F)c1. The van der Waals surface area contributed by atoms with Crippen LogP contribution < -0.4 is 21.7 Å². The molecule has 0 saturated carbocycles. The molecule has 8 heteroatoms. The highest BCUT2D eigenvalue weighted by molar-refractivity contribution is 5.93. The molecule has 2 rings (SSSR count). The van der Waals surface area contributed by atoms with Crippen LogP contribution in [-0.2, 0) is 0 Å². The number of rotatable bonds is 8. The predicted molar refractivity (Wildman–Crippen MR) is 137 cm³/mol. The Morgan fingerprint density at radius 2 is 1.79 bits per heavy atom. The Bertz CT molecular complexity index is 875. The fraction of sp³-hybridized carbons (Fsp3) is 0.520. The van der Waals surface area contributed by atoms with Gasteiger partial charge in [0.05, 0.1) is 16.4 Å². The molecule has 7 nitrogen and oxygen atoms in total. The highest BCUT2D eigenvalue weighted by Crippen LogP contribution is 2.05. The van der Waals surface area contributed by atoms with Crippen LogP contribution in [0.2, 0.25) is 0 Å². The number of nitrogens with zero attached hydrogens (tertiary/aromatic N) is 4. The number of hydrogen-bond acceptors (Lipinski definition) is 6. The molecule has 2 aromatic rings. The van der Waals surface area contributed by atoms with Crippen LogP contribution in [-0.4, -0.2) is 58.5 Å². The van der Waals surface area contributed by atoms with Gasteiger partial charge in [-0.05, 0) is 18.5 Å². The molecule has 2 heterocycles. The summed E-state index contributed by atoms with van der Waals surface area (Å²) >= 11 is 0. The summed E-state index contributed by atoms with van der Waals surface area (Å²) in [5.41, 5.74) is 6.72. The van der Waals surface area contributed by atoms with E-state index in [4.69, 9.17) is 5.73 Å². The molecule has 3 N–H and O–H groups in total. The second-order valence-electron chi connectivity index (χ2n) is 6.69. The Labute approximate surface area is 199 Å². The van der Waals surface area contributed by atoms with Crippen LogP contribution in [0.25, 0.3) is 13.2 Å². The Morgan fingerprint density at radius 3 is 2.27 bits per heavy atom. The number of aromatic nitrogens is 3. The van der Waals surface area contributed by atoms with Gasteiger partial charge in [-0.3, -0.25) is 9.78 Å². The predicted octanol–water partition coefficient (Wildman–Crippen LogP) is 2.70. The fourth-order valence-electron chi connectivity index (χ4n) is 2.33. The molecule has 0 fully saturated rings. The zero-order chi connectivity index (χ0) is 25.8. The van der Waals surface area contributed by atoms with E-state index in [0.717, 1.165) is 31.4 Å². The first-order valence-corrected chi connectivity index (χ1v) is 11.6. The Hall–Kier alpha value is -2.71. The van der Waals surface area contributed by atoms with E-state index < -0.39 is 5.95 Å². The number of likely N-dealkylation sites (N-methyl/N-ethyl adjacent to an activating group) is 1. The summed E-state index contributed by atoms with van der Waals surface area (Å²) in [6, 6.07) is 2.60. The maximum Gasteiger partial charge on any atom is 0.251 e. The number of carbonyl (C=O) groups excluding carboxylic acids is 1. The third-order valence-electron chi connectivity index (χ3n) is 4.14. The number of halogens is 1. The number of nitrogens with one attached hydrogen (secondary N) is 1. The molecule has 0 bridgehead atoms. The largest absolute Gasteiger partial charge is 0.351 e. The molecular formula is C25H43FN6O. The summed E-state index contributed by atoms with van der Waals surface area (Å²) in [5, 5.41) is 4.07. The lowest BCUT2D eigenvalue weighted by Gasteiger charge is -2.19. The van der Waals surface area contributed by atoms with E-state index in [1.807, 2.05) is 34.6 Å². The van der Waals surface area contributed by atoms with Gasteiger partial charge in [-0.2, -0.15) is 4.39 Å². The maximum absolute atomic E-state index is 12.8. The minimum atomic E-state index is -0.652. The lowest BCUT2D eigenvalue weighted by atomic mass is 10.1. The van der Waals surface area contributed by atoms with Crippen molar-refractivity contribution in [1.82, 2.24) is 25.2 Å². The monoisotopic (exact) mass is 462 g/mol. The van der Waals surface area contributed by atoms with Crippen LogP contribution in [0.4, 0.5) is 4.39 Å². The van der Waals surface area contributed by atoms with Gasteiger partial charge in [0.2, 0.25) is 5.95 Å². The molecule has 33 heavy (non-hydrogen) atoms. The van der Waals surface area contributed by atoms with E-state index in [-0.39, 0.29) is 11.5 Å². The van der Waals surface area contributed by atoms with Crippen LogP contribution in [0.15, 0.2) is 24.5 Å². The average Bonchev–Trinajstić information content (AvgIpc) is 2.83. The van der Waals surface area contributed by atoms with Crippen LogP contribution in [0.3, 0.4) is 0 Å². The van der Waals surface area contributed by atoms with Crippen molar-refractivity contribution in [1.29, 1.82) is 0 Å². The quantitative estimate of drug-likeness (QED) is 0.586. The summed E-state index contributed by atoms with van der Waals surface area (Å²) in [5.74, 6) is -0.537. The van der Waals surface area contributed by atoms with Crippen molar-refractivity contribution in [3.05, 3.63) is 52.4 Å². The molecule has 1 amide bonds. The molecule has 0 spiro atoms. The van der Waals surface area contributed by atoms with E-state index >= 15 is 0 Å². The van der Waals surface area contributed by atoms with Crippen LogP contribution in [0.5, 0.6) is 0 Å². The molecule has 0 aromatic carbocycles. The van der Waals surface area contributed by atoms with Crippen molar-refractivity contribution < 1.29 is 9.18 Å². The molecule has 0 saturated heterocycles. The molecule has 0 aliphatic carbocycles. The zero-order valence-electron chi connectivity index (χ0n) is 21.5. The third kappa shape index (κ3) is 14.1. The first-order valence-electron chi connectivity index (χ1n) is 11.6. The smallest absolute Gasteiger partial charge is 0.251 e. The molecule has 0 aliphatic heterocycles. The summed E-state index contributed by atoms with van der Waals surface area (Å²) in [6.45, 7) is 25.1. The van der Waals surface area contributed by atoms with E-state index in [1.165, 1.54) is 12.3 Å². The van der Waals surface area contributed by atoms with E-state index in [0.29, 0.717) is 29.7 Å². The minimum Gasteiger partial charge on any atom is -0.351 e. The van der Waals surface area contributed by atoms with Crippen LogP contribution >= 0.6 is 0 Å². The van der Waals surface area contributed by atoms with Crippen molar-refractivity contribution in [3.63, 3.8) is 0 Å². The number of hydrogen-bond donors (Lipinski definition) is 2. The Balaban J connectivity index is 0. The highest BCUT2D eigenvalue weighted by atomic mass is 19.1. The lowest BCUT2D eigenvalue weighted by molar-refractivity contribution is 0.0948. The summed E-state index contributed by atoms with van der Waals surface area (Å²) in [6.07, 6.45) is 3.03. The molecule has 0 aliphatic rings. The second kappa shape index (κ2) is 19.9. The lowest BCUT2D eigenvalue weighted by Crippen LogP contribution is -2.37. The number of pyridine rings is 1. The molecular weight excluding hydrogens is 419 g/mol. The van der Waals surface area contributed by atoms with Gasteiger partial charge in [0.25, 0.3) is 5.91 Å². The van der Waals surface area contributed by atoms with Gasteiger partial charge in [0.1, 0.15) is 0 Å². The third-order valence-corrected chi connectivity index (χ3v) is 4.14. The van der Waals surface area contributed by atoms with E-state index in [9.17, 15) is 9.18 Å². The summed E-state index contributed by atoms with van der Waals surface area (Å²) in [4.78, 5) is 25.5. The van der Waals surface area contributed by atoms with Gasteiger partial charge in [0, 0.05) is 50.2 Å². The molecule has 186 valence electrons. The average molecular weight is 463 g/mol. The Kier molecular flexibility index (Phi) is 19.6. The first kappa shape index (κ1) is 32.5. The highest BCUT2D eigenvalue weighted by Gasteiger charge is 2.07. The number of carbonyl (C=O) groups is 1. The van der Waals surface area contributed by atoms with Crippen LogP contribution in [0, 0.1) is 5.95 Å². The second-order valence-corrected chi connectivity index (χ2v) is 6.69. The molecule has 2 aromatic heterocycles. The maximum atomic E-state index is 12.8. The molecule has 0 radical (unpaired) electrons. The van der Waals surface area contributed by atoms with Crippen LogP contribution in [0.1, 0.15) is 70.4 Å². The van der Waals surface area contributed by atoms with Gasteiger partial charge in [-0.15, -0.1) is 0 Å². The Morgan fingerprint density at radius 1 is 1.15 bits per heavy atom. The van der Waals surface area contributed by atoms with Crippen molar-refractivity contribution in [2.45, 2.75) is 54.4 Å². The standard InChI is InChI=1S/C12H19FN4O.C9H12N2.2C2H6/c1-2-17(7-4-14)8-6-16-12(18)10-3-5-15-11(13)9-10;1-6(2)9-5-10-7(3)8(4)11-9;2*1-2/h3,5,9H,2,4,6-8,14H2,1H3,(H,16,18);5-6H,3-4H2,1-2H3;2*1-2H3. The molecule has 0 unspecified atom stereocenters. The molecule has 0 atom stereocenters. The topological polar surface area (TPSA) is 97.0 Å². The summed E-state index contributed by atoms with van der Waals surface area (Å²) in [7, 11) is 0. The van der Waals surface area contributed by atoms with Crippen molar-refractivity contribution in [2.24, 2.45) is 5.73 Å². The summed E-state index contributed by atoms with van der Waals surface area (Å²) < 4.78 is 12.8. The van der Waals surface area contributed by atoms with Crippen molar-refractivity contribution in [2.75, 3.05) is 32.7 Å². The van der Waals surface area contributed by atoms with Gasteiger partial charge < -0.3 is 16.0 Å². The normalized spacial score (nSPS) is 9.67. The number of nitrogens with two attached hydrogens (primary N) is 1. The van der Waals surface area contributed by atoms with Gasteiger partial charge in [-0.1, -0.05) is 61.6 Å². The first-order chi connectivity index (χ1) is 15.8. The van der Waals surface area contributed by atoms with E-state index in [1.54, 1.807) is 6.20 Å². The van der Waals surface area contributed by atoms with Gasteiger partial charge in [0.15, 0.2) is 0 Å². The van der Waals surface area contributed by atoms with Gasteiger partial charge in [-0.25, -0.2) is 9.97 Å². The number of amides is 1. The fourth-order valence-corrected chi connectivity index (χ4v) is 2.33. The zero-order valence-corrected chi connectivity index (χ0v) is 21.5. The van der Waals surface area contributed by atoms with Gasteiger partial charge >= 0.3 is 0 Å². The minimum absolute atomic E-state index is 0.282. The van der Waals surface area contributed by atoms with Crippen molar-refractivity contribution >= 4 is 19.1 Å². The van der Waals surface area contributed by atoms with E-state index in [2.05, 4.69) is 52.2 Å². The van der Waals surface area contributed by atoms with Crippen molar-refractivity contribution in [3.8, 4) is 0 Å².